The van der Waals surface area contributed by atoms with Crippen LogP contribution in [0.5, 0.6) is 5.75 Å². The van der Waals surface area contributed by atoms with Gasteiger partial charge in [-0.1, -0.05) is 48.9 Å². The Kier molecular flexibility index (Phi) is 7.55. The van der Waals surface area contributed by atoms with Crippen molar-refractivity contribution in [1.29, 1.82) is 0 Å². The number of pyridine rings is 1. The van der Waals surface area contributed by atoms with Crippen molar-refractivity contribution < 1.29 is 14.3 Å². The van der Waals surface area contributed by atoms with Gasteiger partial charge in [-0.15, -0.1) is 5.10 Å². The predicted molar refractivity (Wildman–Crippen MR) is 125 cm³/mol. The molecule has 0 aliphatic heterocycles. The molecule has 8 nitrogen and oxygen atoms in total. The summed E-state index contributed by atoms with van der Waals surface area (Å²) >= 11 is 0. The molecule has 2 heterocycles. The number of nitrogens with zero attached hydrogens (tertiary/aromatic N) is 4. The molecular weight excluding hydrogens is 418 g/mol. The van der Waals surface area contributed by atoms with E-state index in [0.717, 1.165) is 36.3 Å². The molecular formula is C25H31N5O3. The minimum Gasteiger partial charge on any atom is -0.489 e. The van der Waals surface area contributed by atoms with E-state index in [4.69, 9.17) is 14.5 Å². The first-order valence-electron chi connectivity index (χ1n) is 11.6. The SMILES string of the molecule is CCc1nc(-c2nnn(C)c2COC(=O)NCc2ccccc2)ccc1OC1CCCCC1. The van der Waals surface area contributed by atoms with Crippen LogP contribution in [0.4, 0.5) is 4.79 Å². The molecule has 8 heteroatoms. The van der Waals surface area contributed by atoms with E-state index >= 15 is 0 Å². The summed E-state index contributed by atoms with van der Waals surface area (Å²) in [6.07, 6.45) is 6.46. The molecule has 0 unspecified atom stereocenters. The molecule has 0 radical (unpaired) electrons. The lowest BCUT2D eigenvalue weighted by Crippen LogP contribution is -2.24. The van der Waals surface area contributed by atoms with Crippen molar-refractivity contribution in [3.63, 3.8) is 0 Å². The van der Waals surface area contributed by atoms with Crippen LogP contribution >= 0.6 is 0 Å². The molecule has 33 heavy (non-hydrogen) atoms. The smallest absolute Gasteiger partial charge is 0.407 e. The average Bonchev–Trinajstić information content (AvgIpc) is 3.23. The Labute approximate surface area is 194 Å². The minimum absolute atomic E-state index is 0.0446. The van der Waals surface area contributed by atoms with Crippen LogP contribution in [0.2, 0.25) is 0 Å². The number of carbonyl (C=O) groups is 1. The third kappa shape index (κ3) is 5.88. The number of aromatic nitrogens is 4. The standard InChI is InChI=1S/C25H31N5O3/c1-3-20-23(33-19-12-8-5-9-13-19)15-14-21(27-20)24-22(30(2)29-28-24)17-32-25(31)26-16-18-10-6-4-7-11-18/h4,6-7,10-11,14-15,19H,3,5,8-9,12-13,16-17H2,1-2H3,(H,26,31). The van der Waals surface area contributed by atoms with Crippen LogP contribution in [0.25, 0.3) is 11.4 Å². The highest BCUT2D eigenvalue weighted by Gasteiger charge is 2.20. The average molecular weight is 450 g/mol. The maximum atomic E-state index is 12.2. The van der Waals surface area contributed by atoms with Gasteiger partial charge in [0.15, 0.2) is 0 Å². The van der Waals surface area contributed by atoms with Gasteiger partial charge in [0.05, 0.1) is 17.5 Å². The number of amides is 1. The fourth-order valence-corrected chi connectivity index (χ4v) is 4.04. The molecule has 1 aromatic carbocycles. The van der Waals surface area contributed by atoms with Crippen molar-refractivity contribution in [3.05, 3.63) is 59.4 Å². The summed E-state index contributed by atoms with van der Waals surface area (Å²) in [7, 11) is 1.78. The van der Waals surface area contributed by atoms with E-state index < -0.39 is 6.09 Å². The molecule has 1 saturated carbocycles. The lowest BCUT2D eigenvalue weighted by Gasteiger charge is -2.24. The van der Waals surface area contributed by atoms with Crippen molar-refractivity contribution in [2.24, 2.45) is 7.05 Å². The van der Waals surface area contributed by atoms with Gasteiger partial charge in [0.1, 0.15) is 23.7 Å². The van der Waals surface area contributed by atoms with E-state index in [9.17, 15) is 4.79 Å². The van der Waals surface area contributed by atoms with Crippen LogP contribution in [-0.4, -0.2) is 32.2 Å². The molecule has 2 aromatic heterocycles. The van der Waals surface area contributed by atoms with E-state index in [2.05, 4.69) is 22.6 Å². The van der Waals surface area contributed by atoms with Gasteiger partial charge in [-0.3, -0.25) is 0 Å². The van der Waals surface area contributed by atoms with Crippen LogP contribution in [0.15, 0.2) is 42.5 Å². The van der Waals surface area contributed by atoms with Gasteiger partial charge in [0.25, 0.3) is 0 Å². The number of nitrogens with one attached hydrogen (secondary N) is 1. The Balaban J connectivity index is 1.42. The normalized spacial score (nSPS) is 14.1. The van der Waals surface area contributed by atoms with Gasteiger partial charge in [-0.25, -0.2) is 14.5 Å². The maximum absolute atomic E-state index is 12.2. The largest absolute Gasteiger partial charge is 0.489 e. The van der Waals surface area contributed by atoms with E-state index in [0.29, 0.717) is 23.6 Å². The van der Waals surface area contributed by atoms with E-state index in [1.54, 1.807) is 11.7 Å². The highest BCUT2D eigenvalue weighted by Crippen LogP contribution is 2.28. The number of benzene rings is 1. The van der Waals surface area contributed by atoms with Gasteiger partial charge in [-0.05, 0) is 49.8 Å². The number of aryl methyl sites for hydroxylation is 2. The van der Waals surface area contributed by atoms with Crippen LogP contribution in [0, 0.1) is 0 Å². The summed E-state index contributed by atoms with van der Waals surface area (Å²) in [5, 5.41) is 11.2. The Morgan fingerprint density at radius 2 is 1.91 bits per heavy atom. The quantitative estimate of drug-likeness (QED) is 0.541. The van der Waals surface area contributed by atoms with Crippen molar-refractivity contribution in [2.45, 2.75) is 64.7 Å². The monoisotopic (exact) mass is 449 g/mol. The summed E-state index contributed by atoms with van der Waals surface area (Å²) in [6.45, 7) is 2.51. The Morgan fingerprint density at radius 3 is 2.67 bits per heavy atom. The molecule has 1 aliphatic rings. The molecule has 0 atom stereocenters. The molecule has 1 amide bonds. The molecule has 0 spiro atoms. The number of carbonyl (C=O) groups excluding carboxylic acids is 1. The molecule has 4 rings (SSSR count). The number of hydrogen-bond donors (Lipinski definition) is 1. The van der Waals surface area contributed by atoms with Crippen molar-refractivity contribution in [3.8, 4) is 17.1 Å². The fourth-order valence-electron chi connectivity index (χ4n) is 4.04. The van der Waals surface area contributed by atoms with Crippen LogP contribution in [0.1, 0.15) is 56.0 Å². The van der Waals surface area contributed by atoms with Gasteiger partial charge in [-0.2, -0.15) is 0 Å². The number of hydrogen-bond acceptors (Lipinski definition) is 6. The van der Waals surface area contributed by atoms with Crippen molar-refractivity contribution in [2.75, 3.05) is 0 Å². The molecule has 0 saturated heterocycles. The summed E-state index contributed by atoms with van der Waals surface area (Å²) in [5.74, 6) is 0.843. The van der Waals surface area contributed by atoms with Gasteiger partial charge in [0.2, 0.25) is 0 Å². The van der Waals surface area contributed by atoms with E-state index in [1.165, 1.54) is 19.3 Å². The second-order valence-electron chi connectivity index (χ2n) is 8.30. The first-order valence-corrected chi connectivity index (χ1v) is 11.6. The minimum atomic E-state index is -0.496. The Bertz CT molecular complexity index is 1060. The topological polar surface area (TPSA) is 91.2 Å². The van der Waals surface area contributed by atoms with E-state index in [1.807, 2.05) is 42.5 Å². The molecule has 3 aromatic rings. The Morgan fingerprint density at radius 1 is 1.12 bits per heavy atom. The number of alkyl carbamates (subject to hydrolysis) is 1. The second kappa shape index (κ2) is 10.9. The third-order valence-electron chi connectivity index (χ3n) is 5.92. The third-order valence-corrected chi connectivity index (χ3v) is 5.92. The van der Waals surface area contributed by atoms with Gasteiger partial charge >= 0.3 is 6.09 Å². The zero-order valence-electron chi connectivity index (χ0n) is 19.3. The number of rotatable bonds is 8. The fraction of sp³-hybridized carbons (Fsp3) is 0.440. The van der Waals surface area contributed by atoms with Crippen LogP contribution < -0.4 is 10.1 Å². The second-order valence-corrected chi connectivity index (χ2v) is 8.30. The molecule has 1 aliphatic carbocycles. The summed E-state index contributed by atoms with van der Waals surface area (Å²) in [5.41, 5.74) is 3.88. The molecule has 0 bridgehead atoms. The molecule has 1 N–H and O–H groups in total. The highest BCUT2D eigenvalue weighted by atomic mass is 16.5. The first kappa shape index (κ1) is 22.8. The lowest BCUT2D eigenvalue weighted by atomic mass is 9.98. The maximum Gasteiger partial charge on any atom is 0.407 e. The van der Waals surface area contributed by atoms with Gasteiger partial charge < -0.3 is 14.8 Å². The predicted octanol–water partition coefficient (Wildman–Crippen LogP) is 4.58. The summed E-state index contributed by atoms with van der Waals surface area (Å²) < 4.78 is 13.3. The molecule has 1 fully saturated rings. The first-order chi connectivity index (χ1) is 16.1. The number of ether oxygens (including phenoxy) is 2. The zero-order valence-corrected chi connectivity index (χ0v) is 19.3. The van der Waals surface area contributed by atoms with Crippen LogP contribution in [0.3, 0.4) is 0 Å². The van der Waals surface area contributed by atoms with E-state index in [-0.39, 0.29) is 12.7 Å². The highest BCUT2D eigenvalue weighted by molar-refractivity contribution is 5.67. The summed E-state index contributed by atoms with van der Waals surface area (Å²) in [4.78, 5) is 17.0. The lowest BCUT2D eigenvalue weighted by molar-refractivity contribution is 0.136. The summed E-state index contributed by atoms with van der Waals surface area (Å²) in [6, 6.07) is 13.6. The van der Waals surface area contributed by atoms with Gasteiger partial charge in [0, 0.05) is 13.6 Å². The van der Waals surface area contributed by atoms with Crippen molar-refractivity contribution in [1.82, 2.24) is 25.3 Å². The Hall–Kier alpha value is -3.42. The molecule has 174 valence electrons. The zero-order chi connectivity index (χ0) is 23.0. The van der Waals surface area contributed by atoms with Crippen LogP contribution in [-0.2, 0) is 31.4 Å². The van der Waals surface area contributed by atoms with Crippen molar-refractivity contribution >= 4 is 6.09 Å².